The van der Waals surface area contributed by atoms with E-state index in [9.17, 15) is 4.79 Å². The van der Waals surface area contributed by atoms with E-state index in [1.54, 1.807) is 23.5 Å². The second kappa shape index (κ2) is 6.16. The highest BCUT2D eigenvalue weighted by Gasteiger charge is 2.10. The lowest BCUT2D eigenvalue weighted by atomic mass is 10.1. The van der Waals surface area contributed by atoms with E-state index >= 15 is 0 Å². The van der Waals surface area contributed by atoms with Gasteiger partial charge in [-0.05, 0) is 25.1 Å². The quantitative estimate of drug-likeness (QED) is 0.873. The van der Waals surface area contributed by atoms with Crippen LogP contribution in [0.4, 0.5) is 5.69 Å². The molecule has 2 aromatic rings. The van der Waals surface area contributed by atoms with Gasteiger partial charge in [0.05, 0.1) is 16.3 Å². The van der Waals surface area contributed by atoms with Gasteiger partial charge in [0.2, 0.25) is 0 Å². The van der Waals surface area contributed by atoms with Crippen molar-refractivity contribution >= 4 is 38.9 Å². The Hall–Kier alpha value is -1.40. The molecule has 2 rings (SSSR count). The molecular weight excluding hydrogens is 328 g/mol. The highest BCUT2D eigenvalue weighted by atomic mass is 79.9. The Kier molecular flexibility index (Phi) is 4.55. The Bertz CT molecular complexity index is 598. The molecule has 0 bridgehead atoms. The molecule has 6 heteroatoms. The number of halogens is 1. The lowest BCUT2D eigenvalue weighted by molar-refractivity contribution is 0.0698. The lowest BCUT2D eigenvalue weighted by Crippen LogP contribution is -2.09. The predicted molar refractivity (Wildman–Crippen MR) is 80.1 cm³/mol. The summed E-state index contributed by atoms with van der Waals surface area (Å²) in [4.78, 5) is 15.5. The van der Waals surface area contributed by atoms with E-state index in [1.165, 1.54) is 0 Å². The Morgan fingerprint density at radius 2 is 2.32 bits per heavy atom. The summed E-state index contributed by atoms with van der Waals surface area (Å²) in [6.07, 6.45) is 0.777. The van der Waals surface area contributed by atoms with E-state index in [-0.39, 0.29) is 5.56 Å². The molecule has 1 aromatic carbocycles. The molecule has 0 fully saturated rings. The van der Waals surface area contributed by atoms with Gasteiger partial charge in [0.1, 0.15) is 0 Å². The van der Waals surface area contributed by atoms with Crippen molar-refractivity contribution in [2.24, 2.45) is 0 Å². The van der Waals surface area contributed by atoms with Gasteiger partial charge in [-0.1, -0.05) is 15.9 Å². The third kappa shape index (κ3) is 3.78. The number of rotatable bonds is 5. The number of nitrogens with zero attached hydrogens (tertiary/aromatic N) is 1. The Labute approximate surface area is 123 Å². The van der Waals surface area contributed by atoms with Gasteiger partial charge in [-0.2, -0.15) is 0 Å². The lowest BCUT2D eigenvalue weighted by Gasteiger charge is -2.09. The molecule has 0 radical (unpaired) electrons. The summed E-state index contributed by atoms with van der Waals surface area (Å²) in [7, 11) is 0. The van der Waals surface area contributed by atoms with E-state index < -0.39 is 5.97 Å². The minimum atomic E-state index is -0.937. The van der Waals surface area contributed by atoms with Crippen molar-refractivity contribution in [1.82, 2.24) is 4.98 Å². The second-order valence-electron chi connectivity index (χ2n) is 4.03. The molecule has 0 aliphatic carbocycles. The van der Waals surface area contributed by atoms with Crippen LogP contribution < -0.4 is 5.32 Å². The maximum Gasteiger partial charge on any atom is 0.337 e. The molecule has 0 amide bonds. The molecule has 2 N–H and O–H groups in total. The number of anilines is 1. The van der Waals surface area contributed by atoms with E-state index in [1.807, 2.05) is 18.4 Å². The summed E-state index contributed by atoms with van der Waals surface area (Å²) in [6, 6.07) is 5.18. The summed E-state index contributed by atoms with van der Waals surface area (Å²) in [5.41, 5.74) is 1.93. The molecule has 19 heavy (non-hydrogen) atoms. The summed E-state index contributed by atoms with van der Waals surface area (Å²) < 4.78 is 0.755. The summed E-state index contributed by atoms with van der Waals surface area (Å²) in [6.45, 7) is 2.63. The van der Waals surface area contributed by atoms with Gasteiger partial charge in [0.25, 0.3) is 0 Å². The van der Waals surface area contributed by atoms with Crippen LogP contribution in [0, 0.1) is 6.92 Å². The van der Waals surface area contributed by atoms with Crippen LogP contribution in [0.5, 0.6) is 0 Å². The number of benzene rings is 1. The van der Waals surface area contributed by atoms with Crippen molar-refractivity contribution < 1.29 is 9.90 Å². The third-order valence-corrected chi connectivity index (χ3v) is 3.89. The fourth-order valence-electron chi connectivity index (χ4n) is 1.70. The molecule has 0 saturated heterocycles. The fourth-order valence-corrected chi connectivity index (χ4v) is 2.70. The van der Waals surface area contributed by atoms with Crippen LogP contribution in [-0.4, -0.2) is 22.6 Å². The van der Waals surface area contributed by atoms with Crippen LogP contribution in [-0.2, 0) is 6.42 Å². The van der Waals surface area contributed by atoms with Crippen LogP contribution in [0.1, 0.15) is 21.1 Å². The first-order chi connectivity index (χ1) is 9.06. The number of thiazole rings is 1. The third-order valence-electron chi connectivity index (χ3n) is 2.58. The van der Waals surface area contributed by atoms with Crippen LogP contribution in [0.15, 0.2) is 28.1 Å². The summed E-state index contributed by atoms with van der Waals surface area (Å²) >= 11 is 4.89. The highest BCUT2D eigenvalue weighted by molar-refractivity contribution is 9.10. The van der Waals surface area contributed by atoms with Crippen molar-refractivity contribution in [2.75, 3.05) is 11.9 Å². The van der Waals surface area contributed by atoms with E-state index in [2.05, 4.69) is 26.2 Å². The molecule has 0 spiro atoms. The van der Waals surface area contributed by atoms with Gasteiger partial charge in [0.15, 0.2) is 0 Å². The van der Waals surface area contributed by atoms with Crippen LogP contribution >= 0.6 is 27.3 Å². The van der Waals surface area contributed by atoms with Crippen molar-refractivity contribution in [2.45, 2.75) is 13.3 Å². The minimum Gasteiger partial charge on any atom is -0.478 e. The number of hydrogen-bond acceptors (Lipinski definition) is 4. The normalized spacial score (nSPS) is 10.4. The van der Waals surface area contributed by atoms with Gasteiger partial charge in [-0.3, -0.25) is 0 Å². The first-order valence-corrected chi connectivity index (χ1v) is 7.41. The number of aromatic nitrogens is 1. The van der Waals surface area contributed by atoms with Crippen LogP contribution in [0.25, 0.3) is 0 Å². The van der Waals surface area contributed by atoms with Crippen molar-refractivity contribution in [3.63, 3.8) is 0 Å². The Balaban J connectivity index is 2.01. The number of aromatic carboxylic acids is 1. The zero-order chi connectivity index (χ0) is 13.8. The van der Waals surface area contributed by atoms with Gasteiger partial charge < -0.3 is 10.4 Å². The first kappa shape index (κ1) is 14.0. The highest BCUT2D eigenvalue weighted by Crippen LogP contribution is 2.21. The molecule has 1 aromatic heterocycles. The average Bonchev–Trinajstić information content (AvgIpc) is 2.77. The summed E-state index contributed by atoms with van der Waals surface area (Å²) in [5.74, 6) is -0.937. The number of hydrogen-bond donors (Lipinski definition) is 2. The minimum absolute atomic E-state index is 0.267. The number of nitrogens with one attached hydrogen (secondary N) is 1. The Morgan fingerprint density at radius 1 is 1.53 bits per heavy atom. The number of carboxylic acid groups (broad SMARTS) is 1. The molecule has 100 valence electrons. The first-order valence-electron chi connectivity index (χ1n) is 5.74. The van der Waals surface area contributed by atoms with Crippen LogP contribution in [0.2, 0.25) is 0 Å². The number of carbonyl (C=O) groups is 1. The summed E-state index contributed by atoms with van der Waals surface area (Å²) in [5, 5.41) is 15.4. The zero-order valence-corrected chi connectivity index (χ0v) is 12.7. The van der Waals surface area contributed by atoms with Crippen molar-refractivity contribution in [1.29, 1.82) is 0 Å². The molecule has 0 saturated carbocycles. The fraction of sp³-hybridized carbons (Fsp3) is 0.231. The monoisotopic (exact) mass is 340 g/mol. The molecule has 4 nitrogen and oxygen atoms in total. The molecule has 0 atom stereocenters. The number of carboxylic acids is 1. The van der Waals surface area contributed by atoms with E-state index in [0.717, 1.165) is 21.6 Å². The number of aryl methyl sites for hydroxylation is 1. The molecule has 0 aliphatic rings. The van der Waals surface area contributed by atoms with E-state index in [4.69, 9.17) is 5.11 Å². The van der Waals surface area contributed by atoms with Gasteiger partial charge in [0, 0.05) is 28.5 Å². The van der Waals surface area contributed by atoms with Gasteiger partial charge >= 0.3 is 5.97 Å². The maximum absolute atomic E-state index is 11.1. The molecule has 0 aliphatic heterocycles. The zero-order valence-electron chi connectivity index (χ0n) is 10.3. The standard InChI is InChI=1S/C13H13BrN2O2S/c1-8-16-10(7-19-8)4-5-15-12-3-2-9(14)6-11(12)13(17)18/h2-3,6-7,15H,4-5H2,1H3,(H,17,18). The van der Waals surface area contributed by atoms with Crippen molar-refractivity contribution in [3.8, 4) is 0 Å². The molecular formula is C13H13BrN2O2S. The van der Waals surface area contributed by atoms with Crippen molar-refractivity contribution in [3.05, 3.63) is 44.3 Å². The smallest absolute Gasteiger partial charge is 0.337 e. The Morgan fingerprint density at radius 3 is 2.95 bits per heavy atom. The predicted octanol–water partition coefficient (Wildman–Crippen LogP) is 3.57. The SMILES string of the molecule is Cc1nc(CCNc2ccc(Br)cc2C(=O)O)cs1. The maximum atomic E-state index is 11.1. The largest absolute Gasteiger partial charge is 0.478 e. The molecule has 1 heterocycles. The molecule has 0 unspecified atom stereocenters. The average molecular weight is 341 g/mol. The van der Waals surface area contributed by atoms with Gasteiger partial charge in [-0.15, -0.1) is 11.3 Å². The topological polar surface area (TPSA) is 62.2 Å². The van der Waals surface area contributed by atoms with Crippen LogP contribution in [0.3, 0.4) is 0 Å². The van der Waals surface area contributed by atoms with Gasteiger partial charge in [-0.25, -0.2) is 9.78 Å². The second-order valence-corrected chi connectivity index (χ2v) is 6.01. The van der Waals surface area contributed by atoms with E-state index in [0.29, 0.717) is 12.2 Å².